The van der Waals surface area contributed by atoms with Crippen molar-refractivity contribution in [2.45, 2.75) is 13.8 Å². The van der Waals surface area contributed by atoms with Gasteiger partial charge in [-0.3, -0.25) is 0 Å². The summed E-state index contributed by atoms with van der Waals surface area (Å²) in [4.78, 5) is 0. The van der Waals surface area contributed by atoms with Crippen LogP contribution in [0.3, 0.4) is 0 Å². The minimum atomic E-state index is 0. The summed E-state index contributed by atoms with van der Waals surface area (Å²) in [6.45, 7) is 2.86. The predicted octanol–water partition coefficient (Wildman–Crippen LogP) is 0.679. The van der Waals surface area contributed by atoms with Crippen molar-refractivity contribution in [1.29, 1.82) is 10.5 Å². The molecule has 0 atom stereocenters. The number of rotatable bonds is 0. The first kappa shape index (κ1) is 15.8. The van der Waals surface area contributed by atoms with Crippen molar-refractivity contribution in [2.75, 3.05) is 0 Å². The largest absolute Gasteiger partial charge is 0.199 e. The second-order valence-corrected chi connectivity index (χ2v) is 0.447. The van der Waals surface area contributed by atoms with E-state index in [1.807, 2.05) is 0 Å². The zero-order valence-corrected chi connectivity index (χ0v) is 6.89. The van der Waals surface area contributed by atoms with E-state index in [-0.39, 0.29) is 29.6 Å². The average molecular weight is 105 g/mol. The maximum Gasteiger partial charge on any atom is 0.0587 e. The monoisotopic (exact) mass is 105 g/mol. The van der Waals surface area contributed by atoms with E-state index in [2.05, 4.69) is 0 Å². The summed E-state index contributed by atoms with van der Waals surface area (Å²) in [5.41, 5.74) is 0. The molecule has 0 aliphatic rings. The van der Waals surface area contributed by atoms with Gasteiger partial charge < -0.3 is 0 Å². The van der Waals surface area contributed by atoms with Gasteiger partial charge in [-0.05, 0) is 0 Å². The predicted molar refractivity (Wildman–Crippen MR) is 28.3 cm³/mol. The summed E-state index contributed by atoms with van der Waals surface area (Å²) in [6, 6.07) is 3.50. The maximum atomic E-state index is 7.32. The molecule has 0 aromatic carbocycles. The van der Waals surface area contributed by atoms with Gasteiger partial charge in [0.05, 0.1) is 12.1 Å². The molecule has 0 bridgehead atoms. The summed E-state index contributed by atoms with van der Waals surface area (Å²) in [5.74, 6) is 0. The molecule has 0 rings (SSSR count). The van der Waals surface area contributed by atoms with Gasteiger partial charge >= 0.3 is 0 Å². The molecule has 0 aliphatic carbocycles. The molecule has 0 saturated heterocycles. The Morgan fingerprint density at radius 3 is 1.00 bits per heavy atom. The quantitative estimate of drug-likeness (QED) is 0.425. The van der Waals surface area contributed by atoms with Gasteiger partial charge in [0.2, 0.25) is 0 Å². The van der Waals surface area contributed by atoms with Crippen LogP contribution in [0.1, 0.15) is 13.8 Å². The molecule has 7 heavy (non-hydrogen) atoms. The van der Waals surface area contributed by atoms with Gasteiger partial charge in [0.1, 0.15) is 0 Å². The topological polar surface area (TPSA) is 47.6 Å². The molecular formula is C4H6N2Na. The van der Waals surface area contributed by atoms with Gasteiger partial charge in [0.25, 0.3) is 0 Å². The van der Waals surface area contributed by atoms with Crippen molar-refractivity contribution < 1.29 is 0 Å². The fourth-order valence-electron chi connectivity index (χ4n) is 0. The van der Waals surface area contributed by atoms with E-state index < -0.39 is 0 Å². The Morgan fingerprint density at radius 2 is 1.00 bits per heavy atom. The van der Waals surface area contributed by atoms with Gasteiger partial charge in [-0.2, -0.15) is 10.5 Å². The zero-order chi connectivity index (χ0) is 5.41. The van der Waals surface area contributed by atoms with E-state index in [1.54, 1.807) is 12.1 Å². The number of hydrogen-bond acceptors (Lipinski definition) is 2. The first-order valence-corrected chi connectivity index (χ1v) is 1.45. The van der Waals surface area contributed by atoms with Crippen LogP contribution in [0.5, 0.6) is 0 Å². The van der Waals surface area contributed by atoms with Crippen molar-refractivity contribution in [2.24, 2.45) is 0 Å². The maximum absolute atomic E-state index is 7.32. The average Bonchev–Trinajstić information content (AvgIpc) is 1.39. The first-order valence-electron chi connectivity index (χ1n) is 1.45. The van der Waals surface area contributed by atoms with Crippen LogP contribution in [-0.4, -0.2) is 29.6 Å². The molecule has 2 nitrogen and oxygen atoms in total. The van der Waals surface area contributed by atoms with Crippen molar-refractivity contribution in [3.63, 3.8) is 0 Å². The van der Waals surface area contributed by atoms with Crippen LogP contribution >= 0.6 is 0 Å². The summed E-state index contributed by atoms with van der Waals surface area (Å²) in [6.07, 6.45) is 0. The standard InChI is InChI=1S/2C2H3N.Na/c2*1-2-3;/h2*1H3;. The van der Waals surface area contributed by atoms with E-state index in [0.29, 0.717) is 0 Å². The molecule has 0 heterocycles. The summed E-state index contributed by atoms with van der Waals surface area (Å²) < 4.78 is 0. The number of hydrogen-bond donors (Lipinski definition) is 0. The summed E-state index contributed by atoms with van der Waals surface area (Å²) >= 11 is 0. The summed E-state index contributed by atoms with van der Waals surface area (Å²) in [5, 5.41) is 14.6. The van der Waals surface area contributed by atoms with Crippen LogP contribution < -0.4 is 0 Å². The molecule has 0 N–H and O–H groups in total. The molecule has 0 spiro atoms. The zero-order valence-electron chi connectivity index (χ0n) is 4.89. The van der Waals surface area contributed by atoms with Crippen molar-refractivity contribution >= 4 is 29.6 Å². The third-order valence-electron chi connectivity index (χ3n) is 0. The van der Waals surface area contributed by atoms with Crippen LogP contribution in [0.25, 0.3) is 0 Å². The molecule has 33 valence electrons. The minimum Gasteiger partial charge on any atom is -0.199 e. The Kier molecular flexibility index (Phi) is 85.2. The van der Waals surface area contributed by atoms with E-state index in [9.17, 15) is 0 Å². The van der Waals surface area contributed by atoms with Crippen LogP contribution in [0.4, 0.5) is 0 Å². The van der Waals surface area contributed by atoms with Crippen LogP contribution in [0.15, 0.2) is 0 Å². The van der Waals surface area contributed by atoms with E-state index in [4.69, 9.17) is 10.5 Å². The smallest absolute Gasteiger partial charge is 0.0587 e. The Morgan fingerprint density at radius 1 is 1.00 bits per heavy atom. The van der Waals surface area contributed by atoms with Crippen molar-refractivity contribution in [1.82, 2.24) is 0 Å². The Bertz CT molecular complexity index is 64.7. The van der Waals surface area contributed by atoms with Crippen LogP contribution in [0.2, 0.25) is 0 Å². The molecule has 0 saturated carbocycles. The van der Waals surface area contributed by atoms with Crippen LogP contribution in [-0.2, 0) is 0 Å². The van der Waals surface area contributed by atoms with Crippen LogP contribution in [0, 0.1) is 22.7 Å². The van der Waals surface area contributed by atoms with Crippen molar-refractivity contribution in [3.05, 3.63) is 0 Å². The molecule has 0 aromatic heterocycles. The second-order valence-electron chi connectivity index (χ2n) is 0.447. The van der Waals surface area contributed by atoms with E-state index in [0.717, 1.165) is 0 Å². The second kappa shape index (κ2) is 37.8. The van der Waals surface area contributed by atoms with Gasteiger partial charge in [0, 0.05) is 43.4 Å². The van der Waals surface area contributed by atoms with Gasteiger partial charge in [-0.25, -0.2) is 0 Å². The van der Waals surface area contributed by atoms with Gasteiger partial charge in [0.15, 0.2) is 0 Å². The Hall–Kier alpha value is -0.0200. The van der Waals surface area contributed by atoms with E-state index in [1.165, 1.54) is 13.8 Å². The van der Waals surface area contributed by atoms with Crippen molar-refractivity contribution in [3.8, 4) is 12.1 Å². The number of nitriles is 2. The molecular weight excluding hydrogens is 99.0 g/mol. The first-order chi connectivity index (χ1) is 2.83. The molecule has 1 radical (unpaired) electrons. The Labute approximate surface area is 66.0 Å². The molecule has 0 aromatic rings. The van der Waals surface area contributed by atoms with E-state index >= 15 is 0 Å². The van der Waals surface area contributed by atoms with Gasteiger partial charge in [-0.15, -0.1) is 0 Å². The number of nitrogens with zero attached hydrogens (tertiary/aromatic N) is 2. The van der Waals surface area contributed by atoms with Gasteiger partial charge in [-0.1, -0.05) is 0 Å². The third kappa shape index (κ3) is 237000. The molecule has 0 aliphatic heterocycles. The fourth-order valence-corrected chi connectivity index (χ4v) is 0. The molecule has 0 unspecified atom stereocenters. The molecule has 0 amide bonds. The normalized spacial score (nSPS) is 2.29. The summed E-state index contributed by atoms with van der Waals surface area (Å²) in [7, 11) is 0. The Balaban J connectivity index is -0.0000000400. The third-order valence-corrected chi connectivity index (χ3v) is 0. The molecule has 0 fully saturated rings. The SMILES string of the molecule is CC#N.CC#N.[Na]. The fraction of sp³-hybridized carbons (Fsp3) is 0.500. The molecule has 3 heteroatoms. The minimum absolute atomic E-state index is 0.